The first-order chi connectivity index (χ1) is 9.15. The van der Waals surface area contributed by atoms with E-state index in [1.54, 1.807) is 0 Å². The highest BCUT2D eigenvalue weighted by Crippen LogP contribution is 2.20. The van der Waals surface area contributed by atoms with Crippen molar-refractivity contribution in [3.63, 3.8) is 0 Å². The van der Waals surface area contributed by atoms with Crippen molar-refractivity contribution in [1.82, 2.24) is 10.2 Å². The number of amides is 1. The van der Waals surface area contributed by atoms with Crippen molar-refractivity contribution in [2.75, 3.05) is 19.6 Å². The van der Waals surface area contributed by atoms with Crippen molar-refractivity contribution in [1.29, 1.82) is 0 Å². The lowest BCUT2D eigenvalue weighted by Crippen LogP contribution is -2.42. The van der Waals surface area contributed by atoms with Crippen LogP contribution in [0.4, 0.5) is 0 Å². The second kappa shape index (κ2) is 8.20. The van der Waals surface area contributed by atoms with Crippen molar-refractivity contribution < 1.29 is 4.79 Å². The maximum absolute atomic E-state index is 12.8. The first-order valence-electron chi connectivity index (χ1n) is 6.92. The van der Waals surface area contributed by atoms with E-state index in [1.165, 1.54) is 0 Å². The molecule has 1 amide bonds. The van der Waals surface area contributed by atoms with E-state index in [1.807, 2.05) is 25.1 Å². The summed E-state index contributed by atoms with van der Waals surface area (Å²) in [6, 6.07) is 6.32. The molecule has 1 aliphatic heterocycles. The average Bonchev–Trinajstić information content (AvgIpc) is 2.92. The Hall–Kier alpha value is -0.330. The minimum Gasteiger partial charge on any atom is -0.334 e. The van der Waals surface area contributed by atoms with Gasteiger partial charge in [-0.15, -0.1) is 12.4 Å². The van der Waals surface area contributed by atoms with Gasteiger partial charge in [0.15, 0.2) is 0 Å². The highest BCUT2D eigenvalue weighted by atomic mass is 127. The molecule has 0 radical (unpaired) electrons. The third-order valence-electron chi connectivity index (χ3n) is 3.70. The third kappa shape index (κ3) is 3.86. The molecule has 0 aliphatic carbocycles. The fraction of sp³-hybridized carbons (Fsp3) is 0.533. The largest absolute Gasteiger partial charge is 0.334 e. The molecule has 1 aromatic carbocycles. The number of nitrogens with one attached hydrogen (secondary N) is 1. The predicted octanol–water partition coefficient (Wildman–Crippen LogP) is 3.24. The first-order valence-corrected chi connectivity index (χ1v) is 7.99. The maximum Gasteiger partial charge on any atom is 0.254 e. The molecule has 1 saturated heterocycles. The molecule has 3 nitrogen and oxygen atoms in total. The minimum atomic E-state index is 0. The van der Waals surface area contributed by atoms with E-state index >= 15 is 0 Å². The van der Waals surface area contributed by atoms with Crippen molar-refractivity contribution in [3.8, 4) is 0 Å². The molecule has 2 rings (SSSR count). The summed E-state index contributed by atoms with van der Waals surface area (Å²) in [5.74, 6) is 0.187. The fourth-order valence-corrected chi connectivity index (χ4v) is 3.09. The number of carbonyl (C=O) groups excluding carboxylic acids is 1. The lowest BCUT2D eigenvalue weighted by molar-refractivity contribution is 0.0691. The highest BCUT2D eigenvalue weighted by molar-refractivity contribution is 14.1. The molecule has 1 N–H and O–H groups in total. The van der Waals surface area contributed by atoms with Crippen molar-refractivity contribution in [2.45, 2.75) is 32.7 Å². The van der Waals surface area contributed by atoms with E-state index < -0.39 is 0 Å². The quantitative estimate of drug-likeness (QED) is 0.776. The van der Waals surface area contributed by atoms with Crippen LogP contribution in [0, 0.1) is 10.5 Å². The van der Waals surface area contributed by atoms with E-state index in [-0.39, 0.29) is 18.3 Å². The van der Waals surface area contributed by atoms with Crippen LogP contribution >= 0.6 is 35.0 Å². The molecule has 112 valence electrons. The summed E-state index contributed by atoms with van der Waals surface area (Å²) < 4.78 is 1.16. The Labute approximate surface area is 141 Å². The fourth-order valence-electron chi connectivity index (χ4n) is 2.59. The summed E-state index contributed by atoms with van der Waals surface area (Å²) in [6.07, 6.45) is 2.07. The molecule has 0 spiro atoms. The number of hydrogen-bond acceptors (Lipinski definition) is 2. The van der Waals surface area contributed by atoms with Gasteiger partial charge in [-0.05, 0) is 66.6 Å². The molecule has 1 aliphatic rings. The van der Waals surface area contributed by atoms with Gasteiger partial charge < -0.3 is 10.2 Å². The zero-order valence-electron chi connectivity index (χ0n) is 12.0. The lowest BCUT2D eigenvalue weighted by Gasteiger charge is -2.29. The van der Waals surface area contributed by atoms with Gasteiger partial charge in [-0.2, -0.15) is 0 Å². The highest BCUT2D eigenvalue weighted by Gasteiger charge is 2.27. The zero-order chi connectivity index (χ0) is 13.8. The van der Waals surface area contributed by atoms with E-state index in [0.717, 1.165) is 47.2 Å². The van der Waals surface area contributed by atoms with Crippen LogP contribution < -0.4 is 5.32 Å². The van der Waals surface area contributed by atoms with Gasteiger partial charge in [0.2, 0.25) is 0 Å². The zero-order valence-corrected chi connectivity index (χ0v) is 15.0. The Morgan fingerprint density at radius 2 is 2.25 bits per heavy atom. The minimum absolute atomic E-state index is 0. The Kier molecular flexibility index (Phi) is 7.26. The van der Waals surface area contributed by atoms with Crippen LogP contribution in [0.1, 0.15) is 35.7 Å². The number of halogens is 2. The molecule has 20 heavy (non-hydrogen) atoms. The molecule has 0 aromatic heterocycles. The molecule has 1 heterocycles. The molecule has 1 fully saturated rings. The summed E-state index contributed by atoms with van der Waals surface area (Å²) in [4.78, 5) is 14.8. The van der Waals surface area contributed by atoms with E-state index in [9.17, 15) is 4.79 Å². The number of carbonyl (C=O) groups is 1. The first kappa shape index (κ1) is 17.7. The maximum atomic E-state index is 12.8. The topological polar surface area (TPSA) is 32.3 Å². The van der Waals surface area contributed by atoms with Crippen LogP contribution in [0.3, 0.4) is 0 Å². The third-order valence-corrected chi connectivity index (χ3v) is 4.87. The normalized spacial score (nSPS) is 17.6. The number of benzene rings is 1. The Morgan fingerprint density at radius 3 is 2.85 bits per heavy atom. The number of hydrogen-bond donors (Lipinski definition) is 1. The summed E-state index contributed by atoms with van der Waals surface area (Å²) in [6.45, 7) is 6.95. The summed E-state index contributed by atoms with van der Waals surface area (Å²) in [5, 5.41) is 3.35. The Balaban J connectivity index is 0.00000200. The average molecular weight is 409 g/mol. The van der Waals surface area contributed by atoms with Gasteiger partial charge in [-0.3, -0.25) is 4.79 Å². The molecular formula is C15H22ClIN2O. The summed E-state index contributed by atoms with van der Waals surface area (Å²) >= 11 is 2.29. The van der Waals surface area contributed by atoms with Crippen molar-refractivity contribution in [2.24, 2.45) is 0 Å². The van der Waals surface area contributed by atoms with Gasteiger partial charge in [0.25, 0.3) is 5.91 Å². The monoisotopic (exact) mass is 408 g/mol. The standard InChI is InChI=1S/C15H21IN2O.ClH/c1-3-9-18(12-7-8-17-10-12)15(19)13-5-4-6-14(16)11(13)2;/h4-6,12,17H,3,7-10H2,1-2H3;1H. The van der Waals surface area contributed by atoms with Gasteiger partial charge in [-0.1, -0.05) is 13.0 Å². The SMILES string of the molecule is CCCN(C(=O)c1cccc(I)c1C)C1CCNC1.Cl. The molecular weight excluding hydrogens is 387 g/mol. The van der Waals surface area contributed by atoms with Gasteiger partial charge in [-0.25, -0.2) is 0 Å². The summed E-state index contributed by atoms with van der Waals surface area (Å²) in [5.41, 5.74) is 1.95. The van der Waals surface area contributed by atoms with Crippen LogP contribution in [0.15, 0.2) is 18.2 Å². The second-order valence-electron chi connectivity index (χ2n) is 5.06. The molecule has 1 atom stereocenters. The van der Waals surface area contributed by atoms with Gasteiger partial charge in [0.05, 0.1) is 0 Å². The van der Waals surface area contributed by atoms with Gasteiger partial charge in [0, 0.05) is 28.3 Å². The molecule has 5 heteroatoms. The smallest absolute Gasteiger partial charge is 0.254 e. The van der Waals surface area contributed by atoms with Crippen LogP contribution in [0.5, 0.6) is 0 Å². The second-order valence-corrected chi connectivity index (χ2v) is 6.22. The van der Waals surface area contributed by atoms with E-state index in [2.05, 4.69) is 39.7 Å². The summed E-state index contributed by atoms with van der Waals surface area (Å²) in [7, 11) is 0. The molecule has 0 bridgehead atoms. The van der Waals surface area contributed by atoms with E-state index in [4.69, 9.17) is 0 Å². The van der Waals surface area contributed by atoms with Crippen LogP contribution in [-0.2, 0) is 0 Å². The van der Waals surface area contributed by atoms with Crippen LogP contribution in [0.25, 0.3) is 0 Å². The molecule has 1 aromatic rings. The van der Waals surface area contributed by atoms with Gasteiger partial charge in [0.1, 0.15) is 0 Å². The number of rotatable bonds is 4. The number of nitrogens with zero attached hydrogens (tertiary/aromatic N) is 1. The lowest BCUT2D eigenvalue weighted by atomic mass is 10.1. The van der Waals surface area contributed by atoms with E-state index in [0.29, 0.717) is 6.04 Å². The predicted molar refractivity (Wildman–Crippen MR) is 93.7 cm³/mol. The van der Waals surface area contributed by atoms with Crippen molar-refractivity contribution >= 4 is 40.9 Å². The molecule has 0 saturated carbocycles. The van der Waals surface area contributed by atoms with Crippen LogP contribution in [0.2, 0.25) is 0 Å². The van der Waals surface area contributed by atoms with Gasteiger partial charge >= 0.3 is 0 Å². The van der Waals surface area contributed by atoms with Crippen molar-refractivity contribution in [3.05, 3.63) is 32.9 Å². The molecule has 1 unspecified atom stereocenters. The van der Waals surface area contributed by atoms with Crippen LogP contribution in [-0.4, -0.2) is 36.5 Å². The Bertz CT molecular complexity index is 461. The Morgan fingerprint density at radius 1 is 1.50 bits per heavy atom.